The number of hydrogen-bond donors (Lipinski definition) is 1. The van der Waals surface area contributed by atoms with Crippen LogP contribution < -0.4 is 0 Å². The van der Waals surface area contributed by atoms with Crippen molar-refractivity contribution in [2.75, 3.05) is 26.3 Å². The highest BCUT2D eigenvalue weighted by molar-refractivity contribution is 5.80. The van der Waals surface area contributed by atoms with Gasteiger partial charge in [0.25, 0.3) is 5.91 Å². The predicted octanol–water partition coefficient (Wildman–Crippen LogP) is 0.554. The van der Waals surface area contributed by atoms with Crippen molar-refractivity contribution in [2.45, 2.75) is 50.9 Å². The van der Waals surface area contributed by atoms with Gasteiger partial charge in [-0.3, -0.25) is 4.79 Å². The normalized spacial score (nSPS) is 31.1. The molecule has 5 heteroatoms. The van der Waals surface area contributed by atoms with Gasteiger partial charge in [-0.05, 0) is 32.6 Å². The number of carbonyl (C=O) groups is 1. The second kappa shape index (κ2) is 6.50. The van der Waals surface area contributed by atoms with Crippen LogP contribution >= 0.6 is 0 Å². The van der Waals surface area contributed by atoms with Crippen molar-refractivity contribution < 1.29 is 19.4 Å². The van der Waals surface area contributed by atoms with E-state index < -0.39 is 0 Å². The van der Waals surface area contributed by atoms with Gasteiger partial charge in [0.15, 0.2) is 0 Å². The van der Waals surface area contributed by atoms with Gasteiger partial charge in [0.05, 0.1) is 25.4 Å². The van der Waals surface area contributed by atoms with E-state index in [1.165, 1.54) is 0 Å². The number of carbonyl (C=O) groups excluding carboxylic acids is 1. The number of aliphatic hydroxyl groups excluding tert-OH is 1. The molecule has 1 amide bonds. The first kappa shape index (κ1) is 13.8. The van der Waals surface area contributed by atoms with Gasteiger partial charge in [0.2, 0.25) is 0 Å². The lowest BCUT2D eigenvalue weighted by molar-refractivity contribution is -0.152. The minimum atomic E-state index is -0.386. The van der Waals surface area contributed by atoms with Crippen molar-refractivity contribution in [3.05, 3.63) is 0 Å². The van der Waals surface area contributed by atoms with E-state index in [9.17, 15) is 9.90 Å². The Morgan fingerprint density at radius 2 is 1.89 bits per heavy atom. The number of morpholine rings is 1. The molecule has 0 bridgehead atoms. The summed E-state index contributed by atoms with van der Waals surface area (Å²) in [7, 11) is 0. The Hall–Kier alpha value is -0.650. The van der Waals surface area contributed by atoms with E-state index in [0.29, 0.717) is 26.3 Å². The summed E-state index contributed by atoms with van der Waals surface area (Å²) in [4.78, 5) is 13.9. The maximum absolute atomic E-state index is 12.1. The number of nitrogens with zero attached hydrogens (tertiary/aromatic N) is 1. The van der Waals surface area contributed by atoms with Gasteiger partial charge in [-0.15, -0.1) is 0 Å². The van der Waals surface area contributed by atoms with Crippen LogP contribution in [0.1, 0.15) is 32.6 Å². The Bertz CT molecular complexity index is 270. The van der Waals surface area contributed by atoms with Crippen molar-refractivity contribution in [1.29, 1.82) is 0 Å². The molecule has 2 aliphatic rings. The van der Waals surface area contributed by atoms with Gasteiger partial charge in [-0.2, -0.15) is 0 Å². The smallest absolute Gasteiger partial charge is 0.251 e. The van der Waals surface area contributed by atoms with Gasteiger partial charge >= 0.3 is 0 Å². The molecular weight excluding hydrogens is 234 g/mol. The minimum Gasteiger partial charge on any atom is -0.393 e. The minimum absolute atomic E-state index is 0.0596. The fraction of sp³-hybridized carbons (Fsp3) is 0.923. The standard InChI is InChI=1S/C13H23NO4/c1-10(13(16)14-6-8-17-9-7-14)18-12-4-2-11(15)3-5-12/h10-12,15H,2-9H2,1H3. The molecule has 104 valence electrons. The highest BCUT2D eigenvalue weighted by atomic mass is 16.5. The quantitative estimate of drug-likeness (QED) is 0.802. The van der Waals surface area contributed by atoms with Gasteiger partial charge in [-0.25, -0.2) is 0 Å². The average Bonchev–Trinajstić information content (AvgIpc) is 2.41. The summed E-state index contributed by atoms with van der Waals surface area (Å²) in [5, 5.41) is 9.43. The first-order valence-electron chi connectivity index (χ1n) is 6.87. The molecule has 0 radical (unpaired) electrons. The second-order valence-electron chi connectivity index (χ2n) is 5.15. The Morgan fingerprint density at radius 1 is 1.28 bits per heavy atom. The molecule has 0 aromatic rings. The van der Waals surface area contributed by atoms with Crippen LogP contribution in [0.25, 0.3) is 0 Å². The first-order valence-corrected chi connectivity index (χ1v) is 6.87. The van der Waals surface area contributed by atoms with E-state index in [1.54, 1.807) is 0 Å². The van der Waals surface area contributed by atoms with Gasteiger partial charge in [0, 0.05) is 13.1 Å². The predicted molar refractivity (Wildman–Crippen MR) is 66.2 cm³/mol. The van der Waals surface area contributed by atoms with Crippen molar-refractivity contribution in [3.63, 3.8) is 0 Å². The van der Waals surface area contributed by atoms with Crippen LogP contribution in [0.5, 0.6) is 0 Å². The van der Waals surface area contributed by atoms with E-state index >= 15 is 0 Å². The Balaban J connectivity index is 1.76. The average molecular weight is 257 g/mol. The molecule has 1 heterocycles. The molecule has 0 aromatic heterocycles. The monoisotopic (exact) mass is 257 g/mol. The van der Waals surface area contributed by atoms with E-state index in [0.717, 1.165) is 25.7 Å². The van der Waals surface area contributed by atoms with Crippen LogP contribution in [0, 0.1) is 0 Å². The summed E-state index contributed by atoms with van der Waals surface area (Å²) in [6.07, 6.45) is 2.81. The van der Waals surface area contributed by atoms with Gasteiger partial charge < -0.3 is 19.5 Å². The van der Waals surface area contributed by atoms with Crippen molar-refractivity contribution in [3.8, 4) is 0 Å². The van der Waals surface area contributed by atoms with Crippen LogP contribution in [-0.4, -0.2) is 60.5 Å². The number of aliphatic hydroxyl groups is 1. The SMILES string of the molecule is CC(OC1CCC(O)CC1)C(=O)N1CCOCC1. The second-order valence-corrected chi connectivity index (χ2v) is 5.15. The summed E-state index contributed by atoms with van der Waals surface area (Å²) >= 11 is 0. The number of rotatable bonds is 3. The highest BCUT2D eigenvalue weighted by Gasteiger charge is 2.27. The fourth-order valence-electron chi connectivity index (χ4n) is 2.57. The number of hydrogen-bond acceptors (Lipinski definition) is 4. The molecule has 1 unspecified atom stereocenters. The van der Waals surface area contributed by atoms with E-state index in [1.807, 2.05) is 11.8 Å². The third-order valence-corrected chi connectivity index (χ3v) is 3.71. The summed E-state index contributed by atoms with van der Waals surface area (Å²) in [6.45, 7) is 4.39. The lowest BCUT2D eigenvalue weighted by atomic mass is 9.95. The molecule has 1 aliphatic carbocycles. The van der Waals surface area contributed by atoms with Gasteiger partial charge in [0.1, 0.15) is 6.10 Å². The molecular formula is C13H23NO4. The van der Waals surface area contributed by atoms with Crippen molar-refractivity contribution in [2.24, 2.45) is 0 Å². The number of amides is 1. The maximum atomic E-state index is 12.1. The summed E-state index contributed by atoms with van der Waals surface area (Å²) in [5.74, 6) is 0.0596. The molecule has 2 fully saturated rings. The van der Waals surface area contributed by atoms with Crippen LogP contribution in [0.2, 0.25) is 0 Å². The zero-order valence-corrected chi connectivity index (χ0v) is 11.0. The highest BCUT2D eigenvalue weighted by Crippen LogP contribution is 2.22. The Morgan fingerprint density at radius 3 is 2.50 bits per heavy atom. The molecule has 1 saturated heterocycles. The molecule has 18 heavy (non-hydrogen) atoms. The Labute approximate surface area is 108 Å². The topological polar surface area (TPSA) is 59.0 Å². The van der Waals surface area contributed by atoms with E-state index in [2.05, 4.69) is 0 Å². The molecule has 5 nitrogen and oxygen atoms in total. The first-order chi connectivity index (χ1) is 8.66. The fourth-order valence-corrected chi connectivity index (χ4v) is 2.57. The summed E-state index contributed by atoms with van der Waals surface area (Å²) in [6, 6.07) is 0. The molecule has 0 aromatic carbocycles. The van der Waals surface area contributed by atoms with Crippen LogP contribution in [0.15, 0.2) is 0 Å². The molecule has 1 saturated carbocycles. The van der Waals surface area contributed by atoms with Crippen LogP contribution in [0.4, 0.5) is 0 Å². The lowest BCUT2D eigenvalue weighted by Crippen LogP contribution is -2.46. The third kappa shape index (κ3) is 3.67. The third-order valence-electron chi connectivity index (χ3n) is 3.71. The molecule has 1 atom stereocenters. The maximum Gasteiger partial charge on any atom is 0.251 e. The summed E-state index contributed by atoms with van der Waals surface area (Å²) in [5.41, 5.74) is 0. The molecule has 1 N–H and O–H groups in total. The molecule has 0 spiro atoms. The lowest BCUT2D eigenvalue weighted by Gasteiger charge is -2.32. The molecule has 1 aliphatic heterocycles. The van der Waals surface area contributed by atoms with Crippen LogP contribution in [0.3, 0.4) is 0 Å². The number of ether oxygens (including phenoxy) is 2. The van der Waals surface area contributed by atoms with Crippen LogP contribution in [-0.2, 0) is 14.3 Å². The van der Waals surface area contributed by atoms with E-state index in [-0.39, 0.29) is 24.2 Å². The summed E-state index contributed by atoms with van der Waals surface area (Å²) < 4.78 is 11.0. The Kier molecular flexibility index (Phi) is 4.97. The molecule has 2 rings (SSSR count). The van der Waals surface area contributed by atoms with Gasteiger partial charge in [-0.1, -0.05) is 0 Å². The largest absolute Gasteiger partial charge is 0.393 e. The van der Waals surface area contributed by atoms with Crippen molar-refractivity contribution in [1.82, 2.24) is 4.90 Å². The van der Waals surface area contributed by atoms with Crippen molar-refractivity contribution >= 4 is 5.91 Å². The zero-order valence-electron chi connectivity index (χ0n) is 11.0. The van der Waals surface area contributed by atoms with E-state index in [4.69, 9.17) is 9.47 Å². The zero-order chi connectivity index (χ0) is 13.0.